The lowest BCUT2D eigenvalue weighted by atomic mass is 10.1. The topological polar surface area (TPSA) is 58.5 Å². The van der Waals surface area contributed by atoms with E-state index >= 15 is 0 Å². The van der Waals surface area contributed by atoms with E-state index in [2.05, 4.69) is 25.6 Å². The molecule has 0 saturated carbocycles. The molecule has 0 spiro atoms. The lowest BCUT2D eigenvalue weighted by Crippen LogP contribution is -2.13. The molecule has 0 bridgehead atoms. The maximum absolute atomic E-state index is 12.6. The third-order valence-corrected chi connectivity index (χ3v) is 5.92. The number of benzene rings is 3. The smallest absolute Gasteiger partial charge is 0.261 e. The van der Waals surface area contributed by atoms with E-state index in [1.807, 2.05) is 50.2 Å². The summed E-state index contributed by atoms with van der Waals surface area (Å²) in [5, 5.41) is 0. The van der Waals surface area contributed by atoms with Crippen LogP contribution in [0.1, 0.15) is 16.7 Å². The number of anilines is 1. The van der Waals surface area contributed by atoms with Crippen molar-refractivity contribution >= 4 is 43.5 Å². The highest BCUT2D eigenvalue weighted by atomic mass is 79.9. The molecule has 0 aliphatic carbocycles. The minimum atomic E-state index is -3.64. The average molecular weight is 443 g/mol. The summed E-state index contributed by atoms with van der Waals surface area (Å²) in [4.78, 5) is 4.58. The first-order valence-electron chi connectivity index (χ1n) is 8.33. The number of hydrogen-bond acceptors (Lipinski definition) is 3. The maximum atomic E-state index is 12.6. The largest absolute Gasteiger partial charge is 0.279 e. The Kier molecular flexibility index (Phi) is 5.77. The molecule has 6 heteroatoms. The summed E-state index contributed by atoms with van der Waals surface area (Å²) in [6, 6.07) is 19.9. The van der Waals surface area contributed by atoms with Crippen LogP contribution in [-0.2, 0) is 10.0 Å². The van der Waals surface area contributed by atoms with E-state index in [4.69, 9.17) is 0 Å². The van der Waals surface area contributed by atoms with Crippen molar-refractivity contribution in [2.24, 2.45) is 4.99 Å². The third-order valence-electron chi connectivity index (χ3n) is 4.01. The number of aryl methyl sites for hydroxylation is 2. The Morgan fingerprint density at radius 1 is 0.926 bits per heavy atom. The van der Waals surface area contributed by atoms with Gasteiger partial charge in [0, 0.05) is 10.7 Å². The van der Waals surface area contributed by atoms with Gasteiger partial charge in [-0.05, 0) is 67.4 Å². The van der Waals surface area contributed by atoms with Crippen molar-refractivity contribution in [1.82, 2.24) is 0 Å². The van der Waals surface area contributed by atoms with Crippen molar-refractivity contribution in [3.05, 3.63) is 87.9 Å². The number of halogens is 1. The van der Waals surface area contributed by atoms with Gasteiger partial charge >= 0.3 is 0 Å². The van der Waals surface area contributed by atoms with Crippen LogP contribution in [-0.4, -0.2) is 14.6 Å². The summed E-state index contributed by atoms with van der Waals surface area (Å²) in [6.07, 6.45) is 1.74. The van der Waals surface area contributed by atoms with Crippen LogP contribution in [0.5, 0.6) is 0 Å². The molecule has 0 fully saturated rings. The van der Waals surface area contributed by atoms with Gasteiger partial charge in [-0.15, -0.1) is 0 Å². The normalized spacial score (nSPS) is 11.7. The fourth-order valence-electron chi connectivity index (χ4n) is 2.54. The molecule has 4 nitrogen and oxygen atoms in total. The van der Waals surface area contributed by atoms with Gasteiger partial charge in [0.25, 0.3) is 10.0 Å². The van der Waals surface area contributed by atoms with Crippen molar-refractivity contribution in [2.75, 3.05) is 4.72 Å². The highest BCUT2D eigenvalue weighted by Gasteiger charge is 2.15. The molecule has 0 amide bonds. The molecule has 0 aromatic heterocycles. The molecule has 3 rings (SSSR count). The zero-order valence-corrected chi connectivity index (χ0v) is 17.4. The summed E-state index contributed by atoms with van der Waals surface area (Å²) in [5.74, 6) is 0. The Hall–Kier alpha value is -2.44. The summed E-state index contributed by atoms with van der Waals surface area (Å²) < 4.78 is 28.9. The van der Waals surface area contributed by atoms with Crippen LogP contribution < -0.4 is 4.72 Å². The summed E-state index contributed by atoms with van der Waals surface area (Å²) in [6.45, 7) is 3.85. The van der Waals surface area contributed by atoms with E-state index in [0.29, 0.717) is 11.4 Å². The van der Waals surface area contributed by atoms with E-state index in [9.17, 15) is 8.42 Å². The van der Waals surface area contributed by atoms with Crippen molar-refractivity contribution in [2.45, 2.75) is 18.7 Å². The van der Waals surface area contributed by atoms with Gasteiger partial charge in [-0.3, -0.25) is 9.71 Å². The molecule has 138 valence electrons. The third kappa shape index (κ3) is 5.05. The van der Waals surface area contributed by atoms with Crippen molar-refractivity contribution in [1.29, 1.82) is 0 Å². The van der Waals surface area contributed by atoms with E-state index in [0.717, 1.165) is 21.2 Å². The fourth-order valence-corrected chi connectivity index (χ4v) is 3.94. The van der Waals surface area contributed by atoms with Crippen LogP contribution >= 0.6 is 15.9 Å². The highest BCUT2D eigenvalue weighted by Crippen LogP contribution is 2.22. The second-order valence-electron chi connectivity index (χ2n) is 6.23. The molecule has 0 heterocycles. The molecular formula is C21H19BrN2O2S. The van der Waals surface area contributed by atoms with Gasteiger partial charge in [0.05, 0.1) is 16.3 Å². The Bertz CT molecular complexity index is 1070. The lowest BCUT2D eigenvalue weighted by Gasteiger charge is -2.11. The molecule has 3 aromatic rings. The summed E-state index contributed by atoms with van der Waals surface area (Å²) in [7, 11) is -3.64. The molecule has 0 saturated heterocycles. The average Bonchev–Trinajstić information content (AvgIpc) is 2.64. The molecule has 0 aliphatic rings. The second kappa shape index (κ2) is 8.06. The van der Waals surface area contributed by atoms with E-state index < -0.39 is 10.0 Å². The molecule has 0 unspecified atom stereocenters. The molecule has 3 aromatic carbocycles. The van der Waals surface area contributed by atoms with Crippen LogP contribution in [0.4, 0.5) is 11.4 Å². The number of hydrogen-bond donors (Lipinski definition) is 1. The van der Waals surface area contributed by atoms with Crippen LogP contribution in [0.25, 0.3) is 0 Å². The van der Waals surface area contributed by atoms with Crippen LogP contribution in [0.3, 0.4) is 0 Å². The van der Waals surface area contributed by atoms with Crippen LogP contribution in [0, 0.1) is 13.8 Å². The van der Waals surface area contributed by atoms with Crippen molar-refractivity contribution < 1.29 is 8.42 Å². The Labute approximate surface area is 168 Å². The van der Waals surface area contributed by atoms with Gasteiger partial charge in [0.15, 0.2) is 0 Å². The molecule has 0 radical (unpaired) electrons. The van der Waals surface area contributed by atoms with Crippen LogP contribution in [0.2, 0.25) is 0 Å². The first-order valence-corrected chi connectivity index (χ1v) is 10.6. The number of sulfonamides is 1. The monoisotopic (exact) mass is 442 g/mol. The van der Waals surface area contributed by atoms with Crippen molar-refractivity contribution in [3.63, 3.8) is 0 Å². The zero-order valence-electron chi connectivity index (χ0n) is 15.0. The predicted molar refractivity (Wildman–Crippen MR) is 115 cm³/mol. The fraction of sp³-hybridized carbons (Fsp3) is 0.0952. The maximum Gasteiger partial charge on any atom is 0.261 e. The first kappa shape index (κ1) is 19.3. The Morgan fingerprint density at radius 3 is 2.22 bits per heavy atom. The first-order chi connectivity index (χ1) is 12.8. The second-order valence-corrected chi connectivity index (χ2v) is 8.83. The predicted octanol–water partition coefficient (Wildman–Crippen LogP) is 5.62. The number of aliphatic imine (C=N–C) groups is 1. The minimum absolute atomic E-state index is 0.199. The van der Waals surface area contributed by atoms with E-state index in [1.165, 1.54) is 0 Å². The van der Waals surface area contributed by atoms with Gasteiger partial charge in [-0.1, -0.05) is 45.8 Å². The quantitative estimate of drug-likeness (QED) is 0.521. The molecule has 1 N–H and O–H groups in total. The number of nitrogens with one attached hydrogen (secondary N) is 1. The van der Waals surface area contributed by atoms with E-state index in [-0.39, 0.29) is 4.90 Å². The van der Waals surface area contributed by atoms with Gasteiger partial charge in [0.2, 0.25) is 0 Å². The van der Waals surface area contributed by atoms with Gasteiger partial charge < -0.3 is 0 Å². The molecule has 27 heavy (non-hydrogen) atoms. The zero-order chi connectivity index (χ0) is 19.4. The Balaban J connectivity index is 1.76. The van der Waals surface area contributed by atoms with Gasteiger partial charge in [-0.2, -0.15) is 0 Å². The number of nitrogens with zero attached hydrogens (tertiary/aromatic N) is 1. The van der Waals surface area contributed by atoms with Crippen LogP contribution in [0.15, 0.2) is 81.1 Å². The summed E-state index contributed by atoms with van der Waals surface area (Å²) >= 11 is 3.39. The molecular weight excluding hydrogens is 424 g/mol. The van der Waals surface area contributed by atoms with E-state index in [1.54, 1.807) is 36.5 Å². The van der Waals surface area contributed by atoms with Gasteiger partial charge in [-0.25, -0.2) is 8.42 Å². The molecule has 0 atom stereocenters. The summed E-state index contributed by atoms with van der Waals surface area (Å²) in [5.41, 5.74) is 4.20. The highest BCUT2D eigenvalue weighted by molar-refractivity contribution is 9.10. The lowest BCUT2D eigenvalue weighted by molar-refractivity contribution is 0.601. The Morgan fingerprint density at radius 2 is 1.59 bits per heavy atom. The standard InChI is InChI=1S/C21H19BrN2O2S/c1-15-3-12-21(16(2)13-15)24-27(25,26)20-10-8-19(9-11-20)23-14-17-4-6-18(22)7-5-17/h3-14,24H,1-2H3. The molecule has 0 aliphatic heterocycles. The minimum Gasteiger partial charge on any atom is -0.279 e. The number of rotatable bonds is 5. The van der Waals surface area contributed by atoms with Gasteiger partial charge in [0.1, 0.15) is 0 Å². The van der Waals surface area contributed by atoms with Crippen molar-refractivity contribution in [3.8, 4) is 0 Å². The SMILES string of the molecule is Cc1ccc(NS(=O)(=O)c2ccc(N=Cc3ccc(Br)cc3)cc2)c(C)c1.